The van der Waals surface area contributed by atoms with E-state index in [0.29, 0.717) is 24.0 Å². The molecule has 0 saturated heterocycles. The largest absolute Gasteiger partial charge is 0.300 e. The third-order valence-electron chi connectivity index (χ3n) is 2.01. The van der Waals surface area contributed by atoms with E-state index in [1.165, 1.54) is 0 Å². The number of halogens is 1. The maximum Gasteiger partial charge on any atom is 0.129 e. The Morgan fingerprint density at radius 3 is 2.42 bits per heavy atom. The first kappa shape index (κ1) is 12.1. The van der Waals surface area contributed by atoms with E-state index in [9.17, 15) is 4.79 Å². The van der Waals surface area contributed by atoms with Crippen LogP contribution in [0.4, 0.5) is 0 Å². The molecule has 0 aliphatic carbocycles. The highest BCUT2D eigenvalue weighted by Crippen LogP contribution is 2.19. The topological polar surface area (TPSA) is 17.1 Å². The first-order chi connectivity index (χ1) is 5.57. The minimum absolute atomic E-state index is 0.294. The van der Waals surface area contributed by atoms with Crippen LogP contribution >= 0.6 is 22.6 Å². The minimum Gasteiger partial charge on any atom is -0.300 e. The third-order valence-corrected chi connectivity index (χ3v) is 2.42. The highest BCUT2D eigenvalue weighted by Gasteiger charge is 2.09. The summed E-state index contributed by atoms with van der Waals surface area (Å²) in [6, 6.07) is 0. The molecule has 0 unspecified atom stereocenters. The molecule has 0 aromatic carbocycles. The van der Waals surface area contributed by atoms with Gasteiger partial charge in [-0.05, 0) is 29.3 Å². The SMILES string of the molecule is CC(=O)CC[C@H](/C=C\I)C(C)C. The molecule has 70 valence electrons. The zero-order valence-corrected chi connectivity index (χ0v) is 10.2. The van der Waals surface area contributed by atoms with Crippen molar-refractivity contribution in [3.8, 4) is 0 Å². The van der Waals surface area contributed by atoms with Crippen molar-refractivity contribution in [3.05, 3.63) is 10.2 Å². The lowest BCUT2D eigenvalue weighted by molar-refractivity contribution is -0.117. The molecule has 0 saturated carbocycles. The molecule has 0 aliphatic heterocycles. The summed E-state index contributed by atoms with van der Waals surface area (Å²) in [6.07, 6.45) is 3.89. The summed E-state index contributed by atoms with van der Waals surface area (Å²) < 4.78 is 2.04. The predicted molar refractivity (Wildman–Crippen MR) is 61.4 cm³/mol. The van der Waals surface area contributed by atoms with E-state index in [4.69, 9.17) is 0 Å². The Morgan fingerprint density at radius 1 is 1.50 bits per heavy atom. The molecule has 0 rings (SSSR count). The summed E-state index contributed by atoms with van der Waals surface area (Å²) in [5, 5.41) is 0. The van der Waals surface area contributed by atoms with Crippen molar-refractivity contribution in [1.29, 1.82) is 0 Å². The Hall–Kier alpha value is 0.140. The smallest absolute Gasteiger partial charge is 0.129 e. The molecule has 0 radical (unpaired) electrons. The number of carbonyl (C=O) groups excluding carboxylic acids is 1. The Kier molecular flexibility index (Phi) is 6.71. The van der Waals surface area contributed by atoms with Crippen LogP contribution in [0.25, 0.3) is 0 Å². The fourth-order valence-electron chi connectivity index (χ4n) is 1.12. The van der Waals surface area contributed by atoms with Crippen molar-refractivity contribution in [1.82, 2.24) is 0 Å². The number of rotatable bonds is 5. The van der Waals surface area contributed by atoms with Crippen LogP contribution in [0.2, 0.25) is 0 Å². The second kappa shape index (κ2) is 6.63. The van der Waals surface area contributed by atoms with Crippen LogP contribution in [0.3, 0.4) is 0 Å². The molecule has 0 aromatic rings. The fraction of sp³-hybridized carbons (Fsp3) is 0.700. The highest BCUT2D eigenvalue weighted by atomic mass is 127. The van der Waals surface area contributed by atoms with Crippen LogP contribution in [0.15, 0.2) is 10.2 Å². The van der Waals surface area contributed by atoms with Gasteiger partial charge in [0.05, 0.1) is 0 Å². The van der Waals surface area contributed by atoms with Gasteiger partial charge in [0.25, 0.3) is 0 Å². The second-order valence-corrected chi connectivity index (χ2v) is 4.19. The molecule has 0 amide bonds. The van der Waals surface area contributed by atoms with Crippen LogP contribution in [0.1, 0.15) is 33.6 Å². The predicted octanol–water partition coefficient (Wildman–Crippen LogP) is 3.58. The number of hydrogen-bond donors (Lipinski definition) is 0. The molecule has 1 nitrogen and oxygen atoms in total. The van der Waals surface area contributed by atoms with Crippen LogP contribution in [-0.2, 0) is 4.79 Å². The lowest BCUT2D eigenvalue weighted by atomic mass is 9.91. The maximum absolute atomic E-state index is 10.7. The van der Waals surface area contributed by atoms with Crippen molar-refractivity contribution in [2.75, 3.05) is 0 Å². The molecule has 0 heterocycles. The highest BCUT2D eigenvalue weighted by molar-refractivity contribution is 14.1. The summed E-state index contributed by atoms with van der Waals surface area (Å²) >= 11 is 2.23. The number of carbonyl (C=O) groups is 1. The van der Waals surface area contributed by atoms with Gasteiger partial charge >= 0.3 is 0 Å². The summed E-state index contributed by atoms with van der Waals surface area (Å²) in [7, 11) is 0. The fourth-order valence-corrected chi connectivity index (χ4v) is 1.65. The average Bonchev–Trinajstić information content (AvgIpc) is 1.96. The van der Waals surface area contributed by atoms with E-state index in [1.807, 2.05) is 4.08 Å². The maximum atomic E-state index is 10.7. The molecule has 2 heteroatoms. The van der Waals surface area contributed by atoms with E-state index in [-0.39, 0.29) is 0 Å². The molecule has 12 heavy (non-hydrogen) atoms. The first-order valence-corrected chi connectivity index (χ1v) is 5.58. The molecule has 1 atom stereocenters. The van der Waals surface area contributed by atoms with Crippen LogP contribution in [0, 0.1) is 11.8 Å². The first-order valence-electron chi connectivity index (χ1n) is 4.34. The molecule has 0 spiro atoms. The van der Waals surface area contributed by atoms with Crippen molar-refractivity contribution < 1.29 is 4.79 Å². The van der Waals surface area contributed by atoms with Gasteiger partial charge in [0.2, 0.25) is 0 Å². The number of ketones is 1. The molecule has 0 aromatic heterocycles. The van der Waals surface area contributed by atoms with Gasteiger partial charge < -0.3 is 4.79 Å². The van der Waals surface area contributed by atoms with Crippen LogP contribution in [-0.4, -0.2) is 5.78 Å². The monoisotopic (exact) mass is 280 g/mol. The van der Waals surface area contributed by atoms with Crippen molar-refractivity contribution in [2.24, 2.45) is 11.8 Å². The van der Waals surface area contributed by atoms with Gasteiger partial charge in [0.15, 0.2) is 0 Å². The van der Waals surface area contributed by atoms with Gasteiger partial charge in [0.1, 0.15) is 5.78 Å². The number of Topliss-reactive ketones (excluding diaryl/α,β-unsaturated/α-hetero) is 1. The Morgan fingerprint density at radius 2 is 2.08 bits per heavy atom. The zero-order chi connectivity index (χ0) is 9.56. The minimum atomic E-state index is 0.294. The number of hydrogen-bond acceptors (Lipinski definition) is 1. The normalized spacial score (nSPS) is 14.1. The van der Waals surface area contributed by atoms with Gasteiger partial charge in [-0.1, -0.05) is 42.5 Å². The Balaban J connectivity index is 3.87. The molecular weight excluding hydrogens is 263 g/mol. The van der Waals surface area contributed by atoms with Gasteiger partial charge in [-0.25, -0.2) is 0 Å². The van der Waals surface area contributed by atoms with E-state index in [1.54, 1.807) is 6.92 Å². The lowest BCUT2D eigenvalue weighted by Crippen LogP contribution is -2.07. The second-order valence-electron chi connectivity index (χ2n) is 3.47. The molecule has 0 fully saturated rings. The molecule has 0 aliphatic rings. The van der Waals surface area contributed by atoms with Crippen molar-refractivity contribution >= 4 is 28.4 Å². The van der Waals surface area contributed by atoms with E-state index in [0.717, 1.165) is 6.42 Å². The lowest BCUT2D eigenvalue weighted by Gasteiger charge is -2.15. The molecule has 0 N–H and O–H groups in total. The standard InChI is InChI=1S/C10H17IO/c1-8(2)10(6-7-11)5-4-9(3)12/h6-8,10H,4-5H2,1-3H3/b7-6-/t10-/m1/s1. The summed E-state index contributed by atoms with van der Waals surface area (Å²) in [5.74, 6) is 1.49. The number of allylic oxidation sites excluding steroid dienone is 1. The van der Waals surface area contributed by atoms with Gasteiger partial charge in [-0.2, -0.15) is 0 Å². The van der Waals surface area contributed by atoms with Crippen LogP contribution in [0.5, 0.6) is 0 Å². The molecule has 0 bridgehead atoms. The van der Waals surface area contributed by atoms with E-state index in [2.05, 4.69) is 42.5 Å². The van der Waals surface area contributed by atoms with Crippen molar-refractivity contribution in [2.45, 2.75) is 33.6 Å². The third kappa shape index (κ3) is 5.75. The average molecular weight is 280 g/mol. The van der Waals surface area contributed by atoms with E-state index < -0.39 is 0 Å². The van der Waals surface area contributed by atoms with Gasteiger partial charge in [-0.3, -0.25) is 0 Å². The Bertz CT molecular complexity index is 161. The van der Waals surface area contributed by atoms with Gasteiger partial charge in [0, 0.05) is 6.42 Å². The van der Waals surface area contributed by atoms with Crippen molar-refractivity contribution in [3.63, 3.8) is 0 Å². The van der Waals surface area contributed by atoms with Gasteiger partial charge in [-0.15, -0.1) is 0 Å². The summed E-state index contributed by atoms with van der Waals surface area (Å²) in [6.45, 7) is 6.05. The molecular formula is C10H17IO. The zero-order valence-electron chi connectivity index (χ0n) is 8.01. The Labute approximate surface area is 88.8 Å². The summed E-state index contributed by atoms with van der Waals surface area (Å²) in [4.78, 5) is 10.7. The van der Waals surface area contributed by atoms with Crippen LogP contribution < -0.4 is 0 Å². The quantitative estimate of drug-likeness (QED) is 0.703. The summed E-state index contributed by atoms with van der Waals surface area (Å²) in [5.41, 5.74) is 0. The van der Waals surface area contributed by atoms with E-state index >= 15 is 0 Å².